The van der Waals surface area contributed by atoms with Crippen molar-refractivity contribution in [2.75, 3.05) is 17.7 Å². The highest BCUT2D eigenvalue weighted by Crippen LogP contribution is 2.18. The van der Waals surface area contributed by atoms with Crippen LogP contribution >= 0.6 is 11.3 Å². The van der Waals surface area contributed by atoms with Gasteiger partial charge < -0.3 is 5.32 Å². The number of thiazole rings is 1. The van der Waals surface area contributed by atoms with Crippen molar-refractivity contribution in [3.63, 3.8) is 0 Å². The molecular formula is C11H12N4OS. The van der Waals surface area contributed by atoms with Gasteiger partial charge in [0.25, 0.3) is 5.91 Å². The Balaban J connectivity index is 2.24. The lowest BCUT2D eigenvalue weighted by Crippen LogP contribution is -2.14. The van der Waals surface area contributed by atoms with Crippen molar-refractivity contribution in [3.05, 3.63) is 35.1 Å². The maximum Gasteiger partial charge on any atom is 0.261 e. The van der Waals surface area contributed by atoms with Crippen molar-refractivity contribution >= 4 is 28.1 Å². The Morgan fingerprint density at radius 2 is 2.24 bits per heavy atom. The molecule has 5 nitrogen and oxygen atoms in total. The smallest absolute Gasteiger partial charge is 0.261 e. The average Bonchev–Trinajstić information content (AvgIpc) is 2.81. The third-order valence-corrected chi connectivity index (χ3v) is 2.90. The molecule has 2 N–H and O–H groups in total. The van der Waals surface area contributed by atoms with E-state index in [1.54, 1.807) is 19.4 Å². The summed E-state index contributed by atoms with van der Waals surface area (Å²) in [5.74, 6) is -0.211. The van der Waals surface area contributed by atoms with Crippen LogP contribution in [0.1, 0.15) is 16.1 Å². The largest absolute Gasteiger partial charge is 0.387 e. The highest BCUT2D eigenvalue weighted by Gasteiger charge is 2.12. The lowest BCUT2D eigenvalue weighted by Gasteiger charge is -2.08. The molecule has 0 bridgehead atoms. The summed E-state index contributed by atoms with van der Waals surface area (Å²) in [5, 5.41) is 8.09. The first-order valence-electron chi connectivity index (χ1n) is 5.06. The molecule has 0 atom stereocenters. The van der Waals surface area contributed by atoms with E-state index in [1.165, 1.54) is 11.3 Å². The van der Waals surface area contributed by atoms with Crippen molar-refractivity contribution in [1.29, 1.82) is 0 Å². The van der Waals surface area contributed by atoms with Crippen LogP contribution in [0, 0.1) is 6.92 Å². The van der Waals surface area contributed by atoms with Gasteiger partial charge in [-0.2, -0.15) is 0 Å². The molecule has 0 unspecified atom stereocenters. The van der Waals surface area contributed by atoms with E-state index in [0.717, 1.165) is 11.4 Å². The topological polar surface area (TPSA) is 66.9 Å². The van der Waals surface area contributed by atoms with Crippen LogP contribution in [0.5, 0.6) is 0 Å². The zero-order valence-corrected chi connectivity index (χ0v) is 10.3. The minimum atomic E-state index is -0.211. The fraction of sp³-hybridized carbons (Fsp3) is 0.182. The van der Waals surface area contributed by atoms with E-state index in [-0.39, 0.29) is 5.91 Å². The highest BCUT2D eigenvalue weighted by molar-refractivity contribution is 7.13. The number of anilines is 2. The van der Waals surface area contributed by atoms with Gasteiger partial charge >= 0.3 is 0 Å². The summed E-state index contributed by atoms with van der Waals surface area (Å²) in [6, 6.07) is 1.83. The van der Waals surface area contributed by atoms with Crippen LogP contribution in [0.3, 0.4) is 0 Å². The molecule has 0 saturated carbocycles. The number of pyridine rings is 1. The first-order chi connectivity index (χ1) is 8.20. The Morgan fingerprint density at radius 3 is 2.88 bits per heavy atom. The molecule has 2 heterocycles. The van der Waals surface area contributed by atoms with Gasteiger partial charge in [-0.25, -0.2) is 4.98 Å². The number of aromatic nitrogens is 2. The van der Waals surface area contributed by atoms with Crippen molar-refractivity contribution in [2.24, 2.45) is 0 Å². The summed E-state index contributed by atoms with van der Waals surface area (Å²) in [4.78, 5) is 20.1. The Bertz CT molecular complexity index is 524. The second-order valence-corrected chi connectivity index (χ2v) is 4.31. The number of hydrogen-bond donors (Lipinski definition) is 2. The molecule has 2 aromatic heterocycles. The lowest BCUT2D eigenvalue weighted by molar-refractivity contribution is 0.102. The van der Waals surface area contributed by atoms with Crippen LogP contribution in [0.2, 0.25) is 0 Å². The predicted octanol–water partition coefficient (Wildman–Crippen LogP) is 2.14. The molecule has 17 heavy (non-hydrogen) atoms. The summed E-state index contributed by atoms with van der Waals surface area (Å²) in [5.41, 5.74) is 2.13. The van der Waals surface area contributed by atoms with Gasteiger partial charge in [-0.05, 0) is 13.0 Å². The van der Waals surface area contributed by atoms with Crippen LogP contribution in [-0.4, -0.2) is 22.9 Å². The Labute approximate surface area is 103 Å². The minimum absolute atomic E-state index is 0.211. The molecular weight excluding hydrogens is 236 g/mol. The first kappa shape index (κ1) is 11.5. The molecule has 2 aromatic rings. The lowest BCUT2D eigenvalue weighted by atomic mass is 10.2. The van der Waals surface area contributed by atoms with Crippen molar-refractivity contribution in [2.45, 2.75) is 6.92 Å². The van der Waals surface area contributed by atoms with E-state index in [9.17, 15) is 4.79 Å². The fourth-order valence-electron chi connectivity index (χ4n) is 1.40. The van der Waals surface area contributed by atoms with E-state index < -0.39 is 0 Å². The normalized spacial score (nSPS) is 10.0. The molecule has 0 aliphatic heterocycles. The summed E-state index contributed by atoms with van der Waals surface area (Å²) >= 11 is 1.38. The first-order valence-corrected chi connectivity index (χ1v) is 5.94. The number of aryl methyl sites for hydroxylation is 1. The summed E-state index contributed by atoms with van der Waals surface area (Å²) in [6.45, 7) is 1.88. The van der Waals surface area contributed by atoms with Crippen LogP contribution in [-0.2, 0) is 0 Å². The van der Waals surface area contributed by atoms with Crippen molar-refractivity contribution < 1.29 is 4.79 Å². The van der Waals surface area contributed by atoms with Crippen LogP contribution in [0.4, 0.5) is 10.8 Å². The predicted molar refractivity (Wildman–Crippen MR) is 68.6 cm³/mol. The van der Waals surface area contributed by atoms with Crippen LogP contribution < -0.4 is 10.6 Å². The third-order valence-electron chi connectivity index (χ3n) is 2.21. The number of carbonyl (C=O) groups is 1. The molecule has 0 aliphatic carbocycles. The van der Waals surface area contributed by atoms with Gasteiger partial charge in [0, 0.05) is 30.5 Å². The van der Waals surface area contributed by atoms with Crippen molar-refractivity contribution in [3.8, 4) is 0 Å². The number of nitrogens with one attached hydrogen (secondary N) is 2. The number of amides is 1. The monoisotopic (exact) mass is 248 g/mol. The maximum atomic E-state index is 12.0. The SMILES string of the molecule is CNc1cc(C)ncc1C(=O)Nc1nccs1. The van der Waals surface area contributed by atoms with Crippen LogP contribution in [0.25, 0.3) is 0 Å². The summed E-state index contributed by atoms with van der Waals surface area (Å²) < 4.78 is 0. The minimum Gasteiger partial charge on any atom is -0.387 e. The summed E-state index contributed by atoms with van der Waals surface area (Å²) in [7, 11) is 1.77. The van der Waals surface area contributed by atoms with E-state index in [1.807, 2.05) is 18.4 Å². The second-order valence-electron chi connectivity index (χ2n) is 3.41. The second kappa shape index (κ2) is 4.92. The Morgan fingerprint density at radius 1 is 1.41 bits per heavy atom. The maximum absolute atomic E-state index is 12.0. The quantitative estimate of drug-likeness (QED) is 0.873. The fourth-order valence-corrected chi connectivity index (χ4v) is 1.92. The Kier molecular flexibility index (Phi) is 3.34. The van der Waals surface area contributed by atoms with Gasteiger partial charge in [-0.1, -0.05) is 0 Å². The number of carbonyl (C=O) groups excluding carboxylic acids is 1. The number of nitrogens with zero attached hydrogens (tertiary/aromatic N) is 2. The van der Waals surface area contributed by atoms with Gasteiger partial charge in [-0.3, -0.25) is 15.1 Å². The molecule has 0 aromatic carbocycles. The number of hydrogen-bond acceptors (Lipinski definition) is 5. The molecule has 0 radical (unpaired) electrons. The van der Waals surface area contributed by atoms with Crippen molar-refractivity contribution in [1.82, 2.24) is 9.97 Å². The average molecular weight is 248 g/mol. The molecule has 2 rings (SSSR count). The van der Waals surface area contributed by atoms with Crippen LogP contribution in [0.15, 0.2) is 23.8 Å². The third kappa shape index (κ3) is 2.59. The molecule has 88 valence electrons. The molecule has 0 fully saturated rings. The number of rotatable bonds is 3. The van der Waals surface area contributed by atoms with E-state index in [2.05, 4.69) is 20.6 Å². The Hall–Kier alpha value is -1.95. The standard InChI is InChI=1S/C11H12N4OS/c1-7-5-9(12-2)8(6-14-7)10(16)15-11-13-3-4-17-11/h3-6H,1-2H3,(H,12,14)(H,13,15,16). The van der Waals surface area contributed by atoms with Gasteiger partial charge in [0.1, 0.15) is 0 Å². The molecule has 0 spiro atoms. The van der Waals surface area contributed by atoms with Gasteiger partial charge in [0.15, 0.2) is 5.13 Å². The van der Waals surface area contributed by atoms with E-state index >= 15 is 0 Å². The molecule has 1 amide bonds. The zero-order chi connectivity index (χ0) is 12.3. The van der Waals surface area contributed by atoms with Gasteiger partial charge in [-0.15, -0.1) is 11.3 Å². The van der Waals surface area contributed by atoms with E-state index in [4.69, 9.17) is 0 Å². The summed E-state index contributed by atoms with van der Waals surface area (Å²) in [6.07, 6.45) is 3.21. The highest BCUT2D eigenvalue weighted by atomic mass is 32.1. The van der Waals surface area contributed by atoms with Gasteiger partial charge in [0.2, 0.25) is 0 Å². The zero-order valence-electron chi connectivity index (χ0n) is 9.52. The molecule has 6 heteroatoms. The molecule has 0 saturated heterocycles. The molecule has 0 aliphatic rings. The van der Waals surface area contributed by atoms with Gasteiger partial charge in [0.05, 0.1) is 11.3 Å². The van der Waals surface area contributed by atoms with E-state index in [0.29, 0.717) is 10.7 Å².